The third kappa shape index (κ3) is 4.89. The summed E-state index contributed by atoms with van der Waals surface area (Å²) in [6.07, 6.45) is -2.00. The summed E-state index contributed by atoms with van der Waals surface area (Å²) in [4.78, 5) is 23.9. The molecule has 8 nitrogen and oxygen atoms in total. The van der Waals surface area contributed by atoms with E-state index in [1.807, 2.05) is 0 Å². The predicted octanol–water partition coefficient (Wildman–Crippen LogP) is 2.78. The summed E-state index contributed by atoms with van der Waals surface area (Å²) in [5.74, 6) is -1.11. The predicted molar refractivity (Wildman–Crippen MR) is 111 cm³/mol. The Balaban J connectivity index is 1.41. The molecule has 0 bridgehead atoms. The smallest absolute Gasteiger partial charge is 0.349 e. The lowest BCUT2D eigenvalue weighted by Gasteiger charge is -2.38. The van der Waals surface area contributed by atoms with Crippen molar-refractivity contribution < 1.29 is 30.8 Å². The van der Waals surface area contributed by atoms with Crippen molar-refractivity contribution in [2.24, 2.45) is 0 Å². The van der Waals surface area contributed by atoms with Gasteiger partial charge in [0.05, 0.1) is 22.8 Å². The fourth-order valence-corrected chi connectivity index (χ4v) is 4.95. The minimum Gasteiger partial charge on any atom is -0.349 e. The zero-order chi connectivity index (χ0) is 24.5. The molecule has 34 heavy (non-hydrogen) atoms. The molecule has 178 valence electrons. The first-order chi connectivity index (χ1) is 16.1. The molecule has 1 aliphatic heterocycles. The molecule has 1 aliphatic rings. The third-order valence-electron chi connectivity index (χ3n) is 5.21. The normalized spacial score (nSPS) is 16.6. The van der Waals surface area contributed by atoms with Crippen LogP contribution in [0, 0.1) is 5.82 Å². The van der Waals surface area contributed by atoms with Crippen LogP contribution in [-0.2, 0) is 27.5 Å². The number of hydrogen-bond donors (Lipinski definition) is 1. The zero-order valence-electron chi connectivity index (χ0n) is 17.3. The first-order valence-corrected chi connectivity index (χ1v) is 11.4. The number of carbonyl (C=O) groups excluding carboxylic acids is 1. The first kappa shape index (κ1) is 23.7. The molecule has 13 heteroatoms. The number of sulfonamides is 1. The molecule has 2 aromatic heterocycles. The number of amides is 1. The van der Waals surface area contributed by atoms with E-state index in [-0.39, 0.29) is 18.0 Å². The van der Waals surface area contributed by atoms with Gasteiger partial charge in [-0.05, 0) is 48.9 Å². The van der Waals surface area contributed by atoms with E-state index in [1.165, 1.54) is 18.5 Å². The van der Waals surface area contributed by atoms with Crippen molar-refractivity contribution in [3.8, 4) is 11.3 Å². The van der Waals surface area contributed by atoms with E-state index in [9.17, 15) is 30.8 Å². The summed E-state index contributed by atoms with van der Waals surface area (Å²) < 4.78 is 77.7. The average Bonchev–Trinajstić information content (AvgIpc) is 2.77. The molecule has 1 saturated heterocycles. The van der Waals surface area contributed by atoms with Crippen molar-refractivity contribution in [1.29, 1.82) is 0 Å². The molecule has 0 aliphatic carbocycles. The Kier molecular flexibility index (Phi) is 6.32. The Bertz CT molecular complexity index is 1300. The summed E-state index contributed by atoms with van der Waals surface area (Å²) in [6, 6.07) is 6.96. The van der Waals surface area contributed by atoms with Crippen molar-refractivity contribution in [3.05, 3.63) is 72.2 Å². The Morgan fingerprint density at radius 3 is 2.41 bits per heavy atom. The molecular weight excluding hydrogens is 478 g/mol. The number of pyridine rings is 1. The van der Waals surface area contributed by atoms with Gasteiger partial charge < -0.3 is 5.32 Å². The minimum absolute atomic E-state index is 0.0522. The lowest BCUT2D eigenvalue weighted by molar-refractivity contribution is -0.141. The first-order valence-electron chi connectivity index (χ1n) is 9.95. The van der Waals surface area contributed by atoms with E-state index in [0.717, 1.165) is 40.8 Å². The van der Waals surface area contributed by atoms with Crippen LogP contribution in [0.3, 0.4) is 0 Å². The van der Waals surface area contributed by atoms with E-state index in [1.54, 1.807) is 0 Å². The maximum Gasteiger partial charge on any atom is 0.433 e. The van der Waals surface area contributed by atoms with Gasteiger partial charge in [0.25, 0.3) is 0 Å². The van der Waals surface area contributed by atoms with Crippen molar-refractivity contribution >= 4 is 15.9 Å². The van der Waals surface area contributed by atoms with Crippen LogP contribution >= 0.6 is 0 Å². The van der Waals surface area contributed by atoms with Gasteiger partial charge in [-0.15, -0.1) is 0 Å². The van der Waals surface area contributed by atoms with Crippen LogP contribution in [0.1, 0.15) is 17.8 Å². The van der Waals surface area contributed by atoms with Gasteiger partial charge in [-0.2, -0.15) is 17.5 Å². The molecule has 3 aromatic rings. The molecule has 1 aromatic carbocycles. The van der Waals surface area contributed by atoms with Gasteiger partial charge in [0.15, 0.2) is 0 Å². The van der Waals surface area contributed by atoms with Gasteiger partial charge >= 0.3 is 6.18 Å². The second-order valence-electron chi connectivity index (χ2n) is 7.42. The van der Waals surface area contributed by atoms with Crippen LogP contribution in [0.15, 0.2) is 59.9 Å². The van der Waals surface area contributed by atoms with Crippen molar-refractivity contribution in [1.82, 2.24) is 24.6 Å². The average molecular weight is 495 g/mol. The molecule has 1 amide bonds. The molecule has 1 atom stereocenters. The number of aromatic nitrogens is 3. The summed E-state index contributed by atoms with van der Waals surface area (Å²) in [5, 5.41) is 2.61. The second kappa shape index (κ2) is 9.06. The summed E-state index contributed by atoms with van der Waals surface area (Å²) in [7, 11) is -3.96. The number of hydrogen-bond acceptors (Lipinski definition) is 6. The molecule has 0 unspecified atom stereocenters. The highest BCUT2D eigenvalue weighted by Crippen LogP contribution is 2.29. The number of nitrogens with one attached hydrogen (secondary N) is 1. The van der Waals surface area contributed by atoms with Crippen LogP contribution in [0.5, 0.6) is 0 Å². The fourth-order valence-electron chi connectivity index (χ4n) is 3.32. The maximum atomic E-state index is 13.1. The summed E-state index contributed by atoms with van der Waals surface area (Å²) in [6.45, 7) is 0.0969. The Morgan fingerprint density at radius 1 is 1.09 bits per heavy atom. The largest absolute Gasteiger partial charge is 0.433 e. The maximum absolute atomic E-state index is 13.1. The molecule has 0 saturated carbocycles. The number of carbonyl (C=O) groups is 1. The van der Waals surface area contributed by atoms with Crippen LogP contribution in [0.2, 0.25) is 0 Å². The quantitative estimate of drug-likeness (QED) is 0.528. The fraction of sp³-hybridized carbons (Fsp3) is 0.238. The molecule has 1 N–H and O–H groups in total. The van der Waals surface area contributed by atoms with Crippen LogP contribution in [0.4, 0.5) is 17.6 Å². The highest BCUT2D eigenvalue weighted by atomic mass is 32.2. The number of benzene rings is 1. The number of rotatable bonds is 6. The minimum atomic E-state index is -4.56. The van der Waals surface area contributed by atoms with E-state index < -0.39 is 39.7 Å². The SMILES string of the molecule is O=C(NCc1cc(-c2ccc(C(F)(F)F)nc2)ncn1)[C@@H]1CCN1S(=O)(=O)c1ccc(F)cc1. The zero-order valence-corrected chi connectivity index (χ0v) is 18.1. The van der Waals surface area contributed by atoms with Gasteiger partial charge in [0, 0.05) is 18.3 Å². The molecule has 0 radical (unpaired) electrons. The van der Waals surface area contributed by atoms with Crippen molar-refractivity contribution in [2.75, 3.05) is 6.54 Å². The highest BCUT2D eigenvalue weighted by Gasteiger charge is 2.42. The van der Waals surface area contributed by atoms with E-state index in [4.69, 9.17) is 0 Å². The molecule has 4 rings (SSSR count). The highest BCUT2D eigenvalue weighted by molar-refractivity contribution is 7.89. The lowest BCUT2D eigenvalue weighted by Crippen LogP contribution is -2.57. The van der Waals surface area contributed by atoms with Gasteiger partial charge in [0.1, 0.15) is 23.9 Å². The summed E-state index contributed by atoms with van der Waals surface area (Å²) in [5.41, 5.74) is -0.0212. The molecular formula is C21H17F4N5O3S. The van der Waals surface area contributed by atoms with E-state index in [0.29, 0.717) is 23.4 Å². The number of halogens is 4. The third-order valence-corrected chi connectivity index (χ3v) is 7.13. The molecule has 0 spiro atoms. The van der Waals surface area contributed by atoms with Gasteiger partial charge in [0.2, 0.25) is 15.9 Å². The van der Waals surface area contributed by atoms with Crippen molar-refractivity contribution in [3.63, 3.8) is 0 Å². The second-order valence-corrected chi connectivity index (χ2v) is 9.31. The molecule has 1 fully saturated rings. The standard InChI is InChI=1S/C21H17F4N5O3S/c22-14-2-4-16(5-3-14)34(32,33)30-8-7-18(30)20(31)27-11-15-9-17(29-12-28-15)13-1-6-19(26-10-13)21(23,24)25/h1-6,9-10,12,18H,7-8,11H2,(H,27,31)/t18-/m0/s1. The van der Waals surface area contributed by atoms with Crippen LogP contribution in [-0.4, -0.2) is 46.2 Å². The Labute approximate surface area is 191 Å². The Morgan fingerprint density at radius 2 is 1.82 bits per heavy atom. The van der Waals surface area contributed by atoms with Gasteiger partial charge in [-0.1, -0.05) is 0 Å². The van der Waals surface area contributed by atoms with Gasteiger partial charge in [-0.3, -0.25) is 9.78 Å². The number of nitrogens with zero attached hydrogens (tertiary/aromatic N) is 4. The van der Waals surface area contributed by atoms with Gasteiger partial charge in [-0.25, -0.2) is 22.8 Å². The lowest BCUT2D eigenvalue weighted by atomic mass is 10.1. The van der Waals surface area contributed by atoms with Crippen LogP contribution in [0.25, 0.3) is 11.3 Å². The monoisotopic (exact) mass is 495 g/mol. The topological polar surface area (TPSA) is 105 Å². The van der Waals surface area contributed by atoms with E-state index >= 15 is 0 Å². The number of alkyl halides is 3. The van der Waals surface area contributed by atoms with Crippen molar-refractivity contribution in [2.45, 2.75) is 30.1 Å². The molecule has 3 heterocycles. The summed E-state index contributed by atoms with van der Waals surface area (Å²) >= 11 is 0. The Hall–Kier alpha value is -3.45. The van der Waals surface area contributed by atoms with E-state index in [2.05, 4.69) is 20.3 Å². The van der Waals surface area contributed by atoms with Crippen LogP contribution < -0.4 is 5.32 Å².